The summed E-state index contributed by atoms with van der Waals surface area (Å²) in [6.07, 6.45) is 0. The molecule has 0 amide bonds. The van der Waals surface area contributed by atoms with Crippen LogP contribution in [0.1, 0.15) is 0 Å². The number of aromatic nitrogens is 1. The van der Waals surface area contributed by atoms with E-state index in [4.69, 9.17) is 27.9 Å². The maximum atomic E-state index is 6.18. The van der Waals surface area contributed by atoms with Crippen LogP contribution in [0.5, 0.6) is 5.75 Å². The largest absolute Gasteiger partial charge is 0.496 e. The summed E-state index contributed by atoms with van der Waals surface area (Å²) in [6.45, 7) is 0. The molecule has 0 fully saturated rings. The van der Waals surface area contributed by atoms with Crippen LogP contribution in [0.15, 0.2) is 24.3 Å². The van der Waals surface area contributed by atoms with Gasteiger partial charge in [-0.2, -0.15) is 0 Å². The van der Waals surface area contributed by atoms with Crippen LogP contribution in [0.3, 0.4) is 0 Å². The number of fused-ring (bicyclic) bond motifs is 1. The third kappa shape index (κ3) is 1.86. The lowest BCUT2D eigenvalue weighted by atomic mass is 10.1. The van der Waals surface area contributed by atoms with E-state index in [1.54, 1.807) is 13.2 Å². The fraction of sp³-hybridized carbons (Fsp3) is 0.0833. The van der Waals surface area contributed by atoms with Gasteiger partial charge < -0.3 is 10.9 Å². The summed E-state index contributed by atoms with van der Waals surface area (Å²) in [6, 6.07) is 7.35. The molecule has 1 heterocycles. The molecule has 0 unspecified atom stereocenters. The lowest BCUT2D eigenvalue weighted by molar-refractivity contribution is 0.416. The summed E-state index contributed by atoms with van der Waals surface area (Å²) >= 11 is 12.1. The molecular weight excluding hydrogens is 259 g/mol. The van der Waals surface area contributed by atoms with E-state index in [1.807, 2.05) is 18.2 Å². The van der Waals surface area contributed by atoms with Gasteiger partial charge in [0, 0.05) is 16.1 Å². The first-order chi connectivity index (χ1) is 7.70. The van der Waals surface area contributed by atoms with Crippen LogP contribution in [0, 0.1) is 0 Å². The normalized spacial score (nSPS) is 10.8. The summed E-state index contributed by atoms with van der Waals surface area (Å²) in [7, 11) is 1.61. The van der Waals surface area contributed by atoms with Crippen molar-refractivity contribution in [1.82, 2.24) is 11.1 Å². The van der Waals surface area contributed by atoms with Crippen molar-refractivity contribution < 1.29 is 4.74 Å². The van der Waals surface area contributed by atoms with Crippen molar-refractivity contribution in [3.05, 3.63) is 34.3 Å². The molecule has 1 aromatic carbocycles. The first kappa shape index (κ1) is 12.2. The van der Waals surface area contributed by atoms with E-state index in [1.165, 1.54) is 0 Å². The van der Waals surface area contributed by atoms with Crippen molar-refractivity contribution in [2.45, 2.75) is 0 Å². The summed E-state index contributed by atoms with van der Waals surface area (Å²) in [5.41, 5.74) is 3.56. The Bertz CT molecular complexity index is 599. The molecule has 0 atom stereocenters. The second kappa shape index (κ2) is 4.18. The maximum absolute atomic E-state index is 6.18. The average Bonchev–Trinajstić information content (AvgIpc) is 2.98. The van der Waals surface area contributed by atoms with Gasteiger partial charge in [0.15, 0.2) is 0 Å². The van der Waals surface area contributed by atoms with E-state index in [-0.39, 0.29) is 6.15 Å². The Morgan fingerprint density at radius 1 is 1.12 bits per heavy atom. The second-order valence-corrected chi connectivity index (χ2v) is 4.38. The fourth-order valence-electron chi connectivity index (χ4n) is 1.71. The van der Waals surface area contributed by atoms with Crippen LogP contribution < -0.4 is 10.9 Å². The highest BCUT2D eigenvalue weighted by Gasteiger charge is 2.26. The predicted molar refractivity (Wildman–Crippen MR) is 70.3 cm³/mol. The molecule has 0 spiro atoms. The molecule has 3 nitrogen and oxygen atoms in total. The molecule has 0 saturated carbocycles. The number of ether oxygens (including phenoxy) is 1. The standard InChI is InChI=1S/C12H7Cl2NO.H3N/c1-16-10-3-2-6(13)4-8(10)12-11(14)7-5-9(7)15-12;/h2-5H,1H3;1H3. The van der Waals surface area contributed by atoms with Gasteiger partial charge in [-0.05, 0) is 24.3 Å². The van der Waals surface area contributed by atoms with Crippen molar-refractivity contribution in [1.29, 1.82) is 0 Å². The molecule has 2 aliphatic rings. The van der Waals surface area contributed by atoms with Crippen LogP contribution in [-0.2, 0) is 0 Å². The Kier molecular flexibility index (Phi) is 3.00. The van der Waals surface area contributed by atoms with Gasteiger partial charge in [0.25, 0.3) is 0 Å². The topological polar surface area (TPSA) is 57.1 Å². The summed E-state index contributed by atoms with van der Waals surface area (Å²) < 4.78 is 5.27. The number of hydrogen-bond acceptors (Lipinski definition) is 3. The van der Waals surface area contributed by atoms with Gasteiger partial charge in [-0.15, -0.1) is 0 Å². The number of methoxy groups -OCH3 is 1. The van der Waals surface area contributed by atoms with Crippen molar-refractivity contribution in [3.63, 3.8) is 0 Å². The number of halogens is 2. The molecule has 1 aromatic rings. The highest BCUT2D eigenvalue weighted by atomic mass is 35.5. The minimum Gasteiger partial charge on any atom is -0.496 e. The molecule has 3 N–H and O–H groups in total. The lowest BCUT2D eigenvalue weighted by Gasteiger charge is -2.07. The van der Waals surface area contributed by atoms with Gasteiger partial charge in [0.1, 0.15) is 5.75 Å². The third-order valence-electron chi connectivity index (χ3n) is 2.57. The molecule has 1 aliphatic heterocycles. The van der Waals surface area contributed by atoms with Crippen molar-refractivity contribution in [2.24, 2.45) is 0 Å². The monoisotopic (exact) mass is 268 g/mol. The van der Waals surface area contributed by atoms with Crippen LogP contribution in [0.2, 0.25) is 10.0 Å². The lowest BCUT2D eigenvalue weighted by Crippen LogP contribution is -1.88. The van der Waals surface area contributed by atoms with E-state index >= 15 is 0 Å². The van der Waals surface area contributed by atoms with E-state index in [0.29, 0.717) is 10.0 Å². The van der Waals surface area contributed by atoms with E-state index in [2.05, 4.69) is 4.98 Å². The van der Waals surface area contributed by atoms with Gasteiger partial charge in [0.2, 0.25) is 0 Å². The van der Waals surface area contributed by atoms with Crippen LogP contribution in [0.25, 0.3) is 22.5 Å². The van der Waals surface area contributed by atoms with Gasteiger partial charge in [-0.1, -0.05) is 23.2 Å². The highest BCUT2D eigenvalue weighted by Crippen LogP contribution is 2.47. The van der Waals surface area contributed by atoms with Crippen molar-refractivity contribution in [3.8, 4) is 28.3 Å². The first-order valence-electron chi connectivity index (χ1n) is 4.75. The number of nitrogens with zero attached hydrogens (tertiary/aromatic N) is 1. The second-order valence-electron chi connectivity index (χ2n) is 3.56. The average molecular weight is 269 g/mol. The Balaban J connectivity index is 0.00000108. The van der Waals surface area contributed by atoms with Gasteiger partial charge in [0.05, 0.1) is 23.5 Å². The molecule has 0 saturated heterocycles. The number of rotatable bonds is 2. The molecule has 0 bridgehead atoms. The molecule has 88 valence electrons. The first-order valence-corrected chi connectivity index (χ1v) is 5.51. The van der Waals surface area contributed by atoms with Crippen molar-refractivity contribution in [2.75, 3.05) is 7.11 Å². The zero-order valence-corrected chi connectivity index (χ0v) is 10.6. The number of benzene rings is 1. The van der Waals surface area contributed by atoms with E-state index in [9.17, 15) is 0 Å². The van der Waals surface area contributed by atoms with Gasteiger partial charge >= 0.3 is 0 Å². The third-order valence-corrected chi connectivity index (χ3v) is 3.18. The van der Waals surface area contributed by atoms with E-state index in [0.717, 1.165) is 28.3 Å². The van der Waals surface area contributed by atoms with Crippen LogP contribution in [0.4, 0.5) is 0 Å². The Labute approximate surface area is 109 Å². The fourth-order valence-corrected chi connectivity index (χ4v) is 2.18. The smallest absolute Gasteiger partial charge is 0.128 e. The maximum Gasteiger partial charge on any atom is 0.128 e. The Morgan fingerprint density at radius 3 is 2.47 bits per heavy atom. The molecule has 0 aromatic heterocycles. The highest BCUT2D eigenvalue weighted by molar-refractivity contribution is 6.37. The van der Waals surface area contributed by atoms with Crippen molar-refractivity contribution >= 4 is 23.2 Å². The zero-order valence-electron chi connectivity index (χ0n) is 9.13. The van der Waals surface area contributed by atoms with Gasteiger partial charge in [-0.3, -0.25) is 0 Å². The molecule has 17 heavy (non-hydrogen) atoms. The number of pyridine rings is 1. The zero-order chi connectivity index (χ0) is 11.3. The number of hydrogen-bond donors (Lipinski definition) is 1. The molecule has 3 rings (SSSR count). The minimum atomic E-state index is 0. The molecule has 5 heteroatoms. The summed E-state index contributed by atoms with van der Waals surface area (Å²) in [5.74, 6) is 0.726. The predicted octanol–water partition coefficient (Wildman–Crippen LogP) is 4.21. The summed E-state index contributed by atoms with van der Waals surface area (Å²) in [4.78, 5) is 4.40. The molecule has 1 aliphatic carbocycles. The van der Waals surface area contributed by atoms with Gasteiger partial charge in [-0.25, -0.2) is 4.98 Å². The van der Waals surface area contributed by atoms with E-state index < -0.39 is 0 Å². The SMILES string of the molecule is COc1ccc(Cl)cc1-c1nc2cc-2c1Cl.N. The quantitative estimate of drug-likeness (QED) is 0.758. The summed E-state index contributed by atoms with van der Waals surface area (Å²) in [5, 5.41) is 1.32. The molecular formula is C12H10Cl2N2O. The Hall–Kier alpha value is -1.29. The Morgan fingerprint density at radius 2 is 1.88 bits per heavy atom. The minimum absolute atomic E-state index is 0. The van der Waals surface area contributed by atoms with Crippen LogP contribution in [-0.4, -0.2) is 12.1 Å². The van der Waals surface area contributed by atoms with Crippen LogP contribution >= 0.6 is 23.2 Å². The molecule has 0 radical (unpaired) electrons.